The Morgan fingerprint density at radius 3 is 2.19 bits per heavy atom. The van der Waals surface area contributed by atoms with Crippen LogP contribution in [0.15, 0.2) is 46.9 Å². The van der Waals surface area contributed by atoms with E-state index in [1.54, 1.807) is 6.07 Å². The van der Waals surface area contributed by atoms with Crippen molar-refractivity contribution < 1.29 is 4.39 Å². The van der Waals surface area contributed by atoms with E-state index in [2.05, 4.69) is 66.3 Å². The van der Waals surface area contributed by atoms with Gasteiger partial charge >= 0.3 is 0 Å². The van der Waals surface area contributed by atoms with Gasteiger partial charge in [0.2, 0.25) is 0 Å². The van der Waals surface area contributed by atoms with E-state index in [4.69, 9.17) is 0 Å². The monoisotopic (exact) mass is 349 g/mol. The molecule has 0 aromatic heterocycles. The fraction of sp³-hybridized carbons (Fsp3) is 0.333. The lowest BCUT2D eigenvalue weighted by molar-refractivity contribution is 0.589. The third kappa shape index (κ3) is 4.07. The molecule has 2 aromatic carbocycles. The first-order valence-corrected chi connectivity index (χ1v) is 7.89. The van der Waals surface area contributed by atoms with Crippen molar-refractivity contribution in [3.63, 3.8) is 0 Å². The summed E-state index contributed by atoms with van der Waals surface area (Å²) in [6, 6.07) is 13.6. The molecule has 0 aliphatic rings. The van der Waals surface area contributed by atoms with E-state index in [0.717, 1.165) is 10.0 Å². The molecule has 1 unspecified atom stereocenters. The van der Waals surface area contributed by atoms with Crippen LogP contribution in [-0.2, 0) is 5.41 Å². The standard InChI is InChI=1S/C18H21BrFN/c1-12(21-17-10-9-15(19)11-16(17)20)13-5-7-14(8-6-13)18(2,3)4/h5-12,21H,1-4H3. The van der Waals surface area contributed by atoms with E-state index >= 15 is 0 Å². The van der Waals surface area contributed by atoms with E-state index in [9.17, 15) is 4.39 Å². The summed E-state index contributed by atoms with van der Waals surface area (Å²) in [5.74, 6) is -0.248. The number of hydrogen-bond donors (Lipinski definition) is 1. The molecule has 112 valence electrons. The van der Waals surface area contributed by atoms with Crippen LogP contribution in [0.2, 0.25) is 0 Å². The minimum absolute atomic E-state index is 0.0506. The lowest BCUT2D eigenvalue weighted by atomic mass is 9.86. The van der Waals surface area contributed by atoms with E-state index < -0.39 is 0 Å². The van der Waals surface area contributed by atoms with Crippen molar-refractivity contribution in [3.8, 4) is 0 Å². The minimum atomic E-state index is -0.248. The lowest BCUT2D eigenvalue weighted by Gasteiger charge is -2.21. The van der Waals surface area contributed by atoms with Crippen LogP contribution >= 0.6 is 15.9 Å². The SMILES string of the molecule is CC(Nc1ccc(Br)cc1F)c1ccc(C(C)(C)C)cc1. The second kappa shape index (κ2) is 6.18. The van der Waals surface area contributed by atoms with Crippen LogP contribution in [-0.4, -0.2) is 0 Å². The maximum absolute atomic E-state index is 13.9. The normalized spacial score (nSPS) is 13.0. The molecule has 1 N–H and O–H groups in total. The first kappa shape index (κ1) is 16.0. The van der Waals surface area contributed by atoms with Gasteiger partial charge in [0.15, 0.2) is 0 Å². The molecule has 0 aliphatic heterocycles. The average molecular weight is 350 g/mol. The van der Waals surface area contributed by atoms with Gasteiger partial charge in [-0.3, -0.25) is 0 Å². The highest BCUT2D eigenvalue weighted by Gasteiger charge is 2.14. The van der Waals surface area contributed by atoms with Crippen LogP contribution in [0.25, 0.3) is 0 Å². The highest BCUT2D eigenvalue weighted by atomic mass is 79.9. The van der Waals surface area contributed by atoms with Crippen LogP contribution in [0.1, 0.15) is 44.9 Å². The molecule has 0 amide bonds. The maximum atomic E-state index is 13.9. The largest absolute Gasteiger partial charge is 0.376 e. The molecule has 1 nitrogen and oxygen atoms in total. The highest BCUT2D eigenvalue weighted by molar-refractivity contribution is 9.10. The summed E-state index contributed by atoms with van der Waals surface area (Å²) in [6.07, 6.45) is 0. The number of hydrogen-bond acceptors (Lipinski definition) is 1. The first-order chi connectivity index (χ1) is 9.77. The van der Waals surface area contributed by atoms with Crippen molar-refractivity contribution in [2.75, 3.05) is 5.32 Å². The van der Waals surface area contributed by atoms with E-state index in [1.807, 2.05) is 13.0 Å². The number of benzene rings is 2. The molecule has 0 aliphatic carbocycles. The summed E-state index contributed by atoms with van der Waals surface area (Å²) in [5, 5.41) is 3.22. The highest BCUT2D eigenvalue weighted by Crippen LogP contribution is 2.27. The minimum Gasteiger partial charge on any atom is -0.376 e. The predicted octanol–water partition coefficient (Wildman–Crippen LogP) is 6.06. The Balaban J connectivity index is 2.15. The van der Waals surface area contributed by atoms with E-state index in [-0.39, 0.29) is 17.3 Å². The summed E-state index contributed by atoms with van der Waals surface area (Å²) in [5.41, 5.74) is 3.11. The van der Waals surface area contributed by atoms with Crippen LogP contribution < -0.4 is 5.32 Å². The van der Waals surface area contributed by atoms with Crippen molar-refractivity contribution in [3.05, 3.63) is 63.9 Å². The van der Waals surface area contributed by atoms with Crippen LogP contribution in [0.5, 0.6) is 0 Å². The summed E-state index contributed by atoms with van der Waals surface area (Å²) >= 11 is 3.27. The molecule has 0 heterocycles. The van der Waals surface area contributed by atoms with Gasteiger partial charge in [-0.25, -0.2) is 4.39 Å². The van der Waals surface area contributed by atoms with E-state index in [0.29, 0.717) is 5.69 Å². The van der Waals surface area contributed by atoms with Crippen molar-refractivity contribution in [2.24, 2.45) is 0 Å². The van der Waals surface area contributed by atoms with Gasteiger partial charge in [-0.15, -0.1) is 0 Å². The number of halogens is 2. The zero-order chi connectivity index (χ0) is 15.6. The molecule has 2 rings (SSSR count). The van der Waals surface area contributed by atoms with Crippen LogP contribution in [0.3, 0.4) is 0 Å². The lowest BCUT2D eigenvalue weighted by Crippen LogP contribution is -2.12. The van der Waals surface area contributed by atoms with Gasteiger partial charge in [-0.1, -0.05) is 61.0 Å². The fourth-order valence-electron chi connectivity index (χ4n) is 2.19. The molecule has 1 atom stereocenters. The Hall–Kier alpha value is -1.35. The van der Waals surface area contributed by atoms with Crippen molar-refractivity contribution in [2.45, 2.75) is 39.2 Å². The molecule has 0 fully saturated rings. The van der Waals surface area contributed by atoms with Crippen molar-refractivity contribution in [1.29, 1.82) is 0 Å². The maximum Gasteiger partial charge on any atom is 0.147 e. The molecule has 0 saturated heterocycles. The quantitative estimate of drug-likeness (QED) is 0.710. The van der Waals surface area contributed by atoms with Gasteiger partial charge in [0.05, 0.1) is 5.69 Å². The van der Waals surface area contributed by atoms with Crippen molar-refractivity contribution >= 4 is 21.6 Å². The summed E-state index contributed by atoms with van der Waals surface area (Å²) in [4.78, 5) is 0. The van der Waals surface area contributed by atoms with Gasteiger partial charge in [0, 0.05) is 10.5 Å². The summed E-state index contributed by atoms with van der Waals surface area (Å²) in [7, 11) is 0. The number of anilines is 1. The van der Waals surface area contributed by atoms with Gasteiger partial charge in [0.25, 0.3) is 0 Å². The molecule has 0 bridgehead atoms. The second-order valence-corrected chi connectivity index (χ2v) is 7.28. The zero-order valence-electron chi connectivity index (χ0n) is 12.9. The zero-order valence-corrected chi connectivity index (χ0v) is 14.5. The predicted molar refractivity (Wildman–Crippen MR) is 91.3 cm³/mol. The first-order valence-electron chi connectivity index (χ1n) is 7.09. The van der Waals surface area contributed by atoms with Gasteiger partial charge < -0.3 is 5.32 Å². The third-order valence-corrected chi connectivity index (χ3v) is 4.07. The summed E-state index contributed by atoms with van der Waals surface area (Å²) in [6.45, 7) is 8.62. The van der Waals surface area contributed by atoms with Crippen molar-refractivity contribution in [1.82, 2.24) is 0 Å². The molecule has 0 spiro atoms. The molecule has 3 heteroatoms. The van der Waals surface area contributed by atoms with Crippen LogP contribution in [0.4, 0.5) is 10.1 Å². The molecule has 0 saturated carbocycles. The topological polar surface area (TPSA) is 12.0 Å². The van der Waals surface area contributed by atoms with E-state index in [1.165, 1.54) is 11.6 Å². The molecule has 21 heavy (non-hydrogen) atoms. The smallest absolute Gasteiger partial charge is 0.147 e. The second-order valence-electron chi connectivity index (χ2n) is 6.36. The Bertz CT molecular complexity index is 614. The molecular weight excluding hydrogens is 329 g/mol. The Kier molecular flexibility index (Phi) is 4.72. The Labute approximate surface area is 134 Å². The van der Waals surface area contributed by atoms with Gasteiger partial charge in [-0.2, -0.15) is 0 Å². The van der Waals surface area contributed by atoms with Crippen LogP contribution in [0, 0.1) is 5.82 Å². The summed E-state index contributed by atoms with van der Waals surface area (Å²) < 4.78 is 14.6. The fourth-order valence-corrected chi connectivity index (χ4v) is 2.53. The average Bonchev–Trinajstić information content (AvgIpc) is 2.41. The molecular formula is C18H21BrFN. The molecule has 0 radical (unpaired) electrons. The number of nitrogens with one attached hydrogen (secondary N) is 1. The van der Waals surface area contributed by atoms with Gasteiger partial charge in [-0.05, 0) is 41.7 Å². The third-order valence-electron chi connectivity index (χ3n) is 3.58. The number of rotatable bonds is 3. The Morgan fingerprint density at radius 2 is 1.67 bits per heavy atom. The molecule has 2 aromatic rings. The Morgan fingerprint density at radius 1 is 1.05 bits per heavy atom. The van der Waals surface area contributed by atoms with Gasteiger partial charge in [0.1, 0.15) is 5.82 Å².